The van der Waals surface area contributed by atoms with Crippen molar-refractivity contribution in [2.45, 2.75) is 51.2 Å². The summed E-state index contributed by atoms with van der Waals surface area (Å²) in [6.45, 7) is 5.93. The summed E-state index contributed by atoms with van der Waals surface area (Å²) >= 11 is 3.51. The number of piperazine rings is 1. The lowest BCUT2D eigenvalue weighted by Crippen LogP contribution is -2.46. The lowest BCUT2D eigenvalue weighted by atomic mass is 9.94. The molecule has 2 aromatic rings. The van der Waals surface area contributed by atoms with E-state index in [0.29, 0.717) is 6.04 Å². The summed E-state index contributed by atoms with van der Waals surface area (Å²) in [6, 6.07) is 15.6. The molecule has 5 heteroatoms. The number of benzene rings is 2. The monoisotopic (exact) mass is 467 g/mol. The zero-order chi connectivity index (χ0) is 20.5. The standard InChI is InChI=1S/C25H30BrN3O/c26-21-9-6-19(7-10-21)17-27-12-14-28(15-13-27)23-11-8-20-18-29(25(30)24(20)16-23)22-4-2-1-3-5-22/h6-11,16,22H,1-5,12-15,17-18H2. The minimum Gasteiger partial charge on any atom is -0.369 e. The fraction of sp³-hybridized carbons (Fsp3) is 0.480. The van der Waals surface area contributed by atoms with Gasteiger partial charge in [-0.05, 0) is 48.2 Å². The minimum atomic E-state index is 0.257. The third kappa shape index (κ3) is 4.15. The van der Waals surface area contributed by atoms with E-state index in [9.17, 15) is 4.79 Å². The first-order chi connectivity index (χ1) is 14.7. The van der Waals surface area contributed by atoms with Crippen LogP contribution in [0.3, 0.4) is 0 Å². The predicted molar refractivity (Wildman–Crippen MR) is 125 cm³/mol. The van der Waals surface area contributed by atoms with Crippen LogP contribution in [0.4, 0.5) is 5.69 Å². The van der Waals surface area contributed by atoms with Crippen molar-refractivity contribution in [3.63, 3.8) is 0 Å². The van der Waals surface area contributed by atoms with Crippen LogP contribution in [0.1, 0.15) is 53.6 Å². The van der Waals surface area contributed by atoms with Crippen molar-refractivity contribution in [1.82, 2.24) is 9.80 Å². The van der Waals surface area contributed by atoms with Gasteiger partial charge in [0.25, 0.3) is 5.91 Å². The molecule has 0 radical (unpaired) electrons. The van der Waals surface area contributed by atoms with Crippen LogP contribution >= 0.6 is 15.9 Å². The molecule has 0 atom stereocenters. The first kappa shape index (κ1) is 20.1. The largest absolute Gasteiger partial charge is 0.369 e. The van der Waals surface area contributed by atoms with Crippen LogP contribution in [-0.4, -0.2) is 47.9 Å². The molecule has 158 valence electrons. The molecule has 2 fully saturated rings. The smallest absolute Gasteiger partial charge is 0.254 e. The second kappa shape index (κ2) is 8.72. The summed E-state index contributed by atoms with van der Waals surface area (Å²) < 4.78 is 1.13. The zero-order valence-corrected chi connectivity index (χ0v) is 19.1. The number of nitrogens with zero attached hydrogens (tertiary/aromatic N) is 3. The molecule has 1 saturated heterocycles. The quantitative estimate of drug-likeness (QED) is 0.628. The van der Waals surface area contributed by atoms with Crippen LogP contribution in [0.15, 0.2) is 46.9 Å². The van der Waals surface area contributed by atoms with Gasteiger partial charge in [-0.25, -0.2) is 0 Å². The average molecular weight is 468 g/mol. The number of carbonyl (C=O) groups excluding carboxylic acids is 1. The Morgan fingerprint density at radius 3 is 2.37 bits per heavy atom. The Kier molecular flexibility index (Phi) is 5.83. The number of carbonyl (C=O) groups is 1. The molecule has 2 aliphatic heterocycles. The Labute approximate surface area is 188 Å². The molecular formula is C25H30BrN3O. The molecule has 30 heavy (non-hydrogen) atoms. The molecule has 1 aliphatic carbocycles. The third-order valence-corrected chi connectivity index (χ3v) is 7.53. The van der Waals surface area contributed by atoms with Crippen LogP contribution in [0.2, 0.25) is 0 Å². The molecule has 0 unspecified atom stereocenters. The van der Waals surface area contributed by atoms with Gasteiger partial charge in [0.2, 0.25) is 0 Å². The van der Waals surface area contributed by atoms with Crippen molar-refractivity contribution in [3.8, 4) is 0 Å². The van der Waals surface area contributed by atoms with Gasteiger partial charge >= 0.3 is 0 Å². The molecule has 0 spiro atoms. The maximum absolute atomic E-state index is 13.1. The highest BCUT2D eigenvalue weighted by Gasteiger charge is 2.33. The number of rotatable bonds is 4. The molecule has 3 aliphatic rings. The van der Waals surface area contributed by atoms with E-state index in [0.717, 1.165) is 49.3 Å². The summed E-state index contributed by atoms with van der Waals surface area (Å²) in [5.41, 5.74) is 4.71. The topological polar surface area (TPSA) is 26.8 Å². The van der Waals surface area contributed by atoms with Gasteiger partial charge in [-0.15, -0.1) is 0 Å². The van der Waals surface area contributed by atoms with E-state index in [1.807, 2.05) is 0 Å². The van der Waals surface area contributed by atoms with Gasteiger partial charge < -0.3 is 9.80 Å². The fourth-order valence-electron chi connectivity index (χ4n) is 5.21. The highest BCUT2D eigenvalue weighted by molar-refractivity contribution is 9.10. The molecule has 2 aromatic carbocycles. The normalized spacial score (nSPS) is 20.6. The minimum absolute atomic E-state index is 0.257. The van der Waals surface area contributed by atoms with Crippen molar-refractivity contribution in [1.29, 1.82) is 0 Å². The Hall–Kier alpha value is -1.85. The fourth-order valence-corrected chi connectivity index (χ4v) is 5.47. The SMILES string of the molecule is O=C1c2cc(N3CCN(Cc4ccc(Br)cc4)CC3)ccc2CN1C1CCCCC1. The van der Waals surface area contributed by atoms with Crippen LogP contribution in [0.25, 0.3) is 0 Å². The van der Waals surface area contributed by atoms with Gasteiger partial charge in [-0.3, -0.25) is 9.69 Å². The maximum atomic E-state index is 13.1. The second-order valence-electron chi connectivity index (χ2n) is 8.96. The maximum Gasteiger partial charge on any atom is 0.254 e. The van der Waals surface area contributed by atoms with E-state index in [1.165, 1.54) is 48.9 Å². The number of fused-ring (bicyclic) bond motifs is 1. The van der Waals surface area contributed by atoms with Crippen molar-refractivity contribution in [3.05, 3.63) is 63.6 Å². The van der Waals surface area contributed by atoms with Crippen LogP contribution in [-0.2, 0) is 13.1 Å². The Morgan fingerprint density at radius 2 is 1.63 bits per heavy atom. The van der Waals surface area contributed by atoms with Gasteiger partial charge in [0, 0.05) is 61.0 Å². The molecule has 1 saturated carbocycles. The third-order valence-electron chi connectivity index (χ3n) is 7.00. The van der Waals surface area contributed by atoms with E-state index in [-0.39, 0.29) is 5.91 Å². The van der Waals surface area contributed by atoms with Crippen LogP contribution in [0.5, 0.6) is 0 Å². The zero-order valence-electron chi connectivity index (χ0n) is 17.5. The summed E-state index contributed by atoms with van der Waals surface area (Å²) in [7, 11) is 0. The van der Waals surface area contributed by atoms with Gasteiger partial charge in [0.15, 0.2) is 0 Å². The van der Waals surface area contributed by atoms with E-state index in [2.05, 4.69) is 73.1 Å². The summed E-state index contributed by atoms with van der Waals surface area (Å²) in [5, 5.41) is 0. The summed E-state index contributed by atoms with van der Waals surface area (Å²) in [5.74, 6) is 0.257. The van der Waals surface area contributed by atoms with E-state index in [1.54, 1.807) is 0 Å². The van der Waals surface area contributed by atoms with Gasteiger partial charge in [-0.2, -0.15) is 0 Å². The highest BCUT2D eigenvalue weighted by Crippen LogP contribution is 2.33. The number of anilines is 1. The van der Waals surface area contributed by atoms with Gasteiger partial charge in [0.1, 0.15) is 0 Å². The lowest BCUT2D eigenvalue weighted by molar-refractivity contribution is 0.0660. The molecule has 4 nitrogen and oxygen atoms in total. The van der Waals surface area contributed by atoms with Crippen LogP contribution in [0, 0.1) is 0 Å². The van der Waals surface area contributed by atoms with E-state index >= 15 is 0 Å². The van der Waals surface area contributed by atoms with Crippen LogP contribution < -0.4 is 4.90 Å². The molecule has 5 rings (SSSR count). The molecule has 0 bridgehead atoms. The molecule has 1 amide bonds. The Morgan fingerprint density at radius 1 is 0.900 bits per heavy atom. The number of amides is 1. The van der Waals surface area contributed by atoms with Crippen molar-refractivity contribution >= 4 is 27.5 Å². The average Bonchev–Trinajstić information content (AvgIpc) is 3.12. The Bertz CT molecular complexity index is 899. The lowest BCUT2D eigenvalue weighted by Gasteiger charge is -2.36. The molecule has 0 N–H and O–H groups in total. The summed E-state index contributed by atoms with van der Waals surface area (Å²) in [4.78, 5) is 20.2. The molecular weight excluding hydrogens is 438 g/mol. The number of hydrogen-bond donors (Lipinski definition) is 0. The van der Waals surface area contributed by atoms with E-state index in [4.69, 9.17) is 0 Å². The molecule has 2 heterocycles. The van der Waals surface area contributed by atoms with Gasteiger partial charge in [0.05, 0.1) is 0 Å². The first-order valence-corrected chi connectivity index (χ1v) is 12.1. The number of hydrogen-bond acceptors (Lipinski definition) is 3. The van der Waals surface area contributed by atoms with Crippen molar-refractivity contribution in [2.75, 3.05) is 31.1 Å². The first-order valence-electron chi connectivity index (χ1n) is 11.3. The van der Waals surface area contributed by atoms with Crippen molar-refractivity contribution in [2.24, 2.45) is 0 Å². The predicted octanol–water partition coefficient (Wildman–Crippen LogP) is 5.06. The van der Waals surface area contributed by atoms with Gasteiger partial charge in [-0.1, -0.05) is 53.4 Å². The molecule has 0 aromatic heterocycles. The van der Waals surface area contributed by atoms with Crippen molar-refractivity contribution < 1.29 is 4.79 Å². The Balaban J connectivity index is 1.21. The second-order valence-corrected chi connectivity index (χ2v) is 9.87. The number of halogens is 1. The van der Waals surface area contributed by atoms with E-state index < -0.39 is 0 Å². The summed E-state index contributed by atoms with van der Waals surface area (Å²) in [6.07, 6.45) is 6.20. The highest BCUT2D eigenvalue weighted by atomic mass is 79.9.